The monoisotopic (exact) mass is 484 g/mol. The number of rotatable bonds is 6. The van der Waals surface area contributed by atoms with Crippen molar-refractivity contribution in [3.63, 3.8) is 0 Å². The van der Waals surface area contributed by atoms with Crippen LogP contribution in [0.4, 0.5) is 5.82 Å². The van der Waals surface area contributed by atoms with E-state index in [1.807, 2.05) is 42.6 Å². The number of carbonyl (C=O) groups excluding carboxylic acids is 1. The molecule has 3 aromatic heterocycles. The molecule has 6 rings (SSSR count). The molecular weight excluding hydrogens is 460 g/mol. The summed E-state index contributed by atoms with van der Waals surface area (Å²) in [7, 11) is 0. The molecule has 1 amide bonds. The van der Waals surface area contributed by atoms with Gasteiger partial charge in [0.25, 0.3) is 0 Å². The van der Waals surface area contributed by atoms with Gasteiger partial charge in [-0.3, -0.25) is 9.89 Å². The lowest BCUT2D eigenvalue weighted by atomic mass is 10.1. The maximum atomic E-state index is 11.5. The first-order valence-electron chi connectivity index (χ1n) is 11.6. The molecule has 1 aliphatic heterocycles. The van der Waals surface area contributed by atoms with E-state index in [0.717, 1.165) is 64.0 Å². The van der Waals surface area contributed by atoms with E-state index in [9.17, 15) is 4.79 Å². The van der Waals surface area contributed by atoms with E-state index in [0.29, 0.717) is 24.6 Å². The topological polar surface area (TPSA) is 110 Å². The number of nitrogens with zero attached hydrogens (tertiary/aromatic N) is 4. The van der Waals surface area contributed by atoms with Crippen molar-refractivity contribution in [3.8, 4) is 11.4 Å². The number of anilines is 1. The van der Waals surface area contributed by atoms with Gasteiger partial charge in [-0.1, -0.05) is 24.3 Å². The molecular formula is C26H24N6O2S. The summed E-state index contributed by atoms with van der Waals surface area (Å²) >= 11 is 1.74. The summed E-state index contributed by atoms with van der Waals surface area (Å²) in [6.45, 7) is 2.97. The van der Waals surface area contributed by atoms with Crippen LogP contribution < -0.4 is 10.6 Å². The number of amides is 1. The summed E-state index contributed by atoms with van der Waals surface area (Å²) in [6.07, 6.45) is 3.49. The van der Waals surface area contributed by atoms with Crippen molar-refractivity contribution in [3.05, 3.63) is 70.7 Å². The Balaban J connectivity index is 1.39. The van der Waals surface area contributed by atoms with Gasteiger partial charge in [-0.2, -0.15) is 5.10 Å². The van der Waals surface area contributed by atoms with Crippen LogP contribution in [0.15, 0.2) is 54.7 Å². The van der Waals surface area contributed by atoms with Crippen LogP contribution in [0.3, 0.4) is 0 Å². The number of hydrogen-bond acceptors (Lipinski definition) is 7. The second kappa shape index (κ2) is 9.09. The third-order valence-electron chi connectivity index (χ3n) is 6.31. The van der Waals surface area contributed by atoms with Crippen LogP contribution in [0.25, 0.3) is 32.5 Å². The number of morpholine rings is 1. The van der Waals surface area contributed by atoms with Gasteiger partial charge < -0.3 is 15.4 Å². The maximum Gasteiger partial charge on any atom is 0.248 e. The number of thiophene rings is 1. The Hall–Kier alpha value is -3.82. The maximum absolute atomic E-state index is 11.5. The molecule has 9 heteroatoms. The van der Waals surface area contributed by atoms with Gasteiger partial charge >= 0.3 is 0 Å². The highest BCUT2D eigenvalue weighted by atomic mass is 32.1. The number of nitrogens with one attached hydrogen (secondary N) is 1. The number of benzene rings is 2. The third kappa shape index (κ3) is 4.24. The van der Waals surface area contributed by atoms with E-state index in [-0.39, 0.29) is 0 Å². The zero-order chi connectivity index (χ0) is 23.8. The highest BCUT2D eigenvalue weighted by molar-refractivity contribution is 7.19. The molecule has 176 valence electrons. The summed E-state index contributed by atoms with van der Waals surface area (Å²) in [5.41, 5.74) is 9.94. The van der Waals surface area contributed by atoms with Crippen LogP contribution in [0.2, 0.25) is 0 Å². The van der Waals surface area contributed by atoms with Crippen molar-refractivity contribution in [1.29, 1.82) is 0 Å². The van der Waals surface area contributed by atoms with Crippen LogP contribution >= 0.6 is 11.3 Å². The van der Waals surface area contributed by atoms with Crippen LogP contribution in [0.1, 0.15) is 20.8 Å². The third-order valence-corrected chi connectivity index (χ3v) is 7.49. The van der Waals surface area contributed by atoms with Gasteiger partial charge in [-0.25, -0.2) is 9.97 Å². The molecule has 8 nitrogen and oxygen atoms in total. The summed E-state index contributed by atoms with van der Waals surface area (Å²) in [4.78, 5) is 25.1. The Kier molecular flexibility index (Phi) is 5.63. The lowest BCUT2D eigenvalue weighted by Crippen LogP contribution is -2.36. The molecule has 0 radical (unpaired) electrons. The van der Waals surface area contributed by atoms with Gasteiger partial charge in [0.05, 0.1) is 35.1 Å². The normalized spacial score (nSPS) is 14.1. The smallest absolute Gasteiger partial charge is 0.248 e. The Labute approximate surface area is 205 Å². The average molecular weight is 485 g/mol. The van der Waals surface area contributed by atoms with Crippen molar-refractivity contribution in [2.75, 3.05) is 31.2 Å². The predicted molar refractivity (Wildman–Crippen MR) is 138 cm³/mol. The number of carbonyl (C=O) groups is 1. The molecule has 0 unspecified atom stereocenters. The van der Waals surface area contributed by atoms with Gasteiger partial charge in [0, 0.05) is 34.5 Å². The predicted octanol–water partition coefficient (Wildman–Crippen LogP) is 3.96. The standard InChI is InChI=1S/C26H24N6O2S/c27-24(33)17-4-1-3-16(13-17)7-8-18-14-22-23(35-18)26(32-9-11-34-12-10-32)30-25(29-22)19-5-2-6-21-20(19)15-28-31-21/h1-6,13-15H,7-12H2,(H2,27,33)(H,28,31). The second-order valence-corrected chi connectivity index (χ2v) is 9.74. The van der Waals surface area contributed by atoms with E-state index >= 15 is 0 Å². The molecule has 0 saturated carbocycles. The fourth-order valence-corrected chi connectivity index (χ4v) is 5.62. The minimum Gasteiger partial charge on any atom is -0.378 e. The van der Waals surface area contributed by atoms with Crippen LogP contribution in [-0.2, 0) is 17.6 Å². The lowest BCUT2D eigenvalue weighted by molar-refractivity contribution is 0.1000. The van der Waals surface area contributed by atoms with E-state index < -0.39 is 5.91 Å². The molecule has 1 fully saturated rings. The summed E-state index contributed by atoms with van der Waals surface area (Å²) in [5, 5.41) is 8.24. The highest BCUT2D eigenvalue weighted by Gasteiger charge is 2.21. The molecule has 1 saturated heterocycles. The quantitative estimate of drug-likeness (QED) is 0.378. The molecule has 0 bridgehead atoms. The van der Waals surface area contributed by atoms with E-state index in [1.54, 1.807) is 17.4 Å². The molecule has 5 aromatic rings. The van der Waals surface area contributed by atoms with Crippen LogP contribution in [0, 0.1) is 0 Å². The molecule has 4 heterocycles. The minimum absolute atomic E-state index is 0.403. The van der Waals surface area contributed by atoms with Crippen LogP contribution in [0.5, 0.6) is 0 Å². The number of aromatic amines is 1. The minimum atomic E-state index is -0.403. The van der Waals surface area contributed by atoms with E-state index in [4.69, 9.17) is 20.4 Å². The van der Waals surface area contributed by atoms with Gasteiger partial charge in [0.2, 0.25) is 5.91 Å². The fourth-order valence-electron chi connectivity index (χ4n) is 4.51. The van der Waals surface area contributed by atoms with Crippen LogP contribution in [-0.4, -0.2) is 52.4 Å². The van der Waals surface area contributed by atoms with Crippen molar-refractivity contribution in [2.45, 2.75) is 12.8 Å². The molecule has 0 spiro atoms. The summed E-state index contributed by atoms with van der Waals surface area (Å²) in [5.74, 6) is 1.25. The Bertz CT molecular complexity index is 1540. The van der Waals surface area contributed by atoms with E-state index in [2.05, 4.69) is 21.2 Å². The van der Waals surface area contributed by atoms with Gasteiger partial charge in [0.1, 0.15) is 0 Å². The number of nitrogens with two attached hydrogens (primary N) is 1. The van der Waals surface area contributed by atoms with Crippen molar-refractivity contribution >= 4 is 44.2 Å². The number of ether oxygens (including phenoxy) is 1. The Morgan fingerprint density at radius 1 is 1.09 bits per heavy atom. The van der Waals surface area contributed by atoms with E-state index in [1.165, 1.54) is 4.88 Å². The number of hydrogen-bond donors (Lipinski definition) is 2. The fraction of sp³-hybridized carbons (Fsp3) is 0.231. The number of aromatic nitrogens is 4. The zero-order valence-electron chi connectivity index (χ0n) is 19.0. The first-order chi connectivity index (χ1) is 17.2. The van der Waals surface area contributed by atoms with Gasteiger partial charge in [-0.15, -0.1) is 11.3 Å². The number of fused-ring (bicyclic) bond motifs is 2. The first-order valence-corrected chi connectivity index (χ1v) is 12.4. The van der Waals surface area contributed by atoms with Gasteiger partial charge in [0.15, 0.2) is 11.6 Å². The second-order valence-electron chi connectivity index (χ2n) is 8.60. The molecule has 3 N–H and O–H groups in total. The lowest BCUT2D eigenvalue weighted by Gasteiger charge is -2.28. The van der Waals surface area contributed by atoms with Crippen molar-refractivity contribution in [2.24, 2.45) is 5.73 Å². The largest absolute Gasteiger partial charge is 0.378 e. The molecule has 35 heavy (non-hydrogen) atoms. The summed E-state index contributed by atoms with van der Waals surface area (Å²) in [6, 6.07) is 15.7. The first kappa shape index (κ1) is 21.7. The molecule has 2 aromatic carbocycles. The zero-order valence-corrected chi connectivity index (χ0v) is 19.8. The molecule has 0 aliphatic carbocycles. The summed E-state index contributed by atoms with van der Waals surface area (Å²) < 4.78 is 6.68. The molecule has 0 atom stereocenters. The van der Waals surface area contributed by atoms with Gasteiger partial charge in [-0.05, 0) is 42.7 Å². The SMILES string of the molecule is NC(=O)c1cccc(CCc2cc3nc(-c4cccc5[nH]ncc45)nc(N4CCOCC4)c3s2)c1. The Morgan fingerprint density at radius 3 is 2.80 bits per heavy atom. The highest BCUT2D eigenvalue weighted by Crippen LogP contribution is 2.36. The van der Waals surface area contributed by atoms with Crippen molar-refractivity contribution in [1.82, 2.24) is 20.2 Å². The average Bonchev–Trinajstić information content (AvgIpc) is 3.54. The Morgan fingerprint density at radius 2 is 1.94 bits per heavy atom. The number of primary amides is 1. The number of H-pyrrole nitrogens is 1. The molecule has 1 aliphatic rings. The number of aryl methyl sites for hydroxylation is 2. The van der Waals surface area contributed by atoms with Crippen molar-refractivity contribution < 1.29 is 9.53 Å².